The van der Waals surface area contributed by atoms with Crippen molar-refractivity contribution < 1.29 is 0 Å². The van der Waals surface area contributed by atoms with E-state index in [1.807, 2.05) is 11.3 Å². The molecule has 0 aromatic carbocycles. The lowest BCUT2D eigenvalue weighted by molar-refractivity contribution is 0.270. The molecule has 0 saturated carbocycles. The molecule has 1 saturated heterocycles. The van der Waals surface area contributed by atoms with Gasteiger partial charge in [0.15, 0.2) is 5.16 Å². The fourth-order valence-electron chi connectivity index (χ4n) is 3.72. The Labute approximate surface area is 146 Å². The van der Waals surface area contributed by atoms with Gasteiger partial charge in [-0.15, -0.1) is 11.3 Å². The summed E-state index contributed by atoms with van der Waals surface area (Å²) < 4.78 is 0. The molecule has 6 heteroatoms. The summed E-state index contributed by atoms with van der Waals surface area (Å²) in [4.78, 5) is 17.6. The first-order valence-corrected chi connectivity index (χ1v) is 10.7. The SMILES string of the molecule is CCN1CCN(c2nc(SC)nc3sc4c(c23)CCCC4)CC1. The van der Waals surface area contributed by atoms with Crippen molar-refractivity contribution in [3.8, 4) is 0 Å². The maximum Gasteiger partial charge on any atom is 0.190 e. The molecule has 4 rings (SSSR count). The fraction of sp³-hybridized carbons (Fsp3) is 0.647. The maximum atomic E-state index is 4.94. The van der Waals surface area contributed by atoms with E-state index in [2.05, 4.69) is 23.0 Å². The monoisotopic (exact) mass is 348 g/mol. The second kappa shape index (κ2) is 6.57. The van der Waals surface area contributed by atoms with Crippen molar-refractivity contribution in [1.82, 2.24) is 14.9 Å². The molecule has 0 amide bonds. The largest absolute Gasteiger partial charge is 0.353 e. The first-order chi connectivity index (χ1) is 11.3. The highest BCUT2D eigenvalue weighted by Gasteiger charge is 2.25. The van der Waals surface area contributed by atoms with Crippen LogP contribution < -0.4 is 4.90 Å². The number of piperazine rings is 1. The van der Waals surface area contributed by atoms with Crippen LogP contribution in [0.25, 0.3) is 10.2 Å². The molecule has 0 atom stereocenters. The number of rotatable bonds is 3. The average Bonchev–Trinajstić information content (AvgIpc) is 2.99. The zero-order valence-corrected chi connectivity index (χ0v) is 15.6. The van der Waals surface area contributed by atoms with Crippen LogP contribution in [0, 0.1) is 0 Å². The van der Waals surface area contributed by atoms with E-state index in [4.69, 9.17) is 9.97 Å². The summed E-state index contributed by atoms with van der Waals surface area (Å²) in [5.74, 6) is 1.20. The maximum absolute atomic E-state index is 4.94. The highest BCUT2D eigenvalue weighted by Crippen LogP contribution is 2.40. The molecule has 2 aromatic heterocycles. The zero-order valence-electron chi connectivity index (χ0n) is 14.0. The minimum Gasteiger partial charge on any atom is -0.353 e. The third-order valence-electron chi connectivity index (χ3n) is 5.08. The summed E-state index contributed by atoms with van der Waals surface area (Å²) in [6.45, 7) is 7.85. The van der Waals surface area contributed by atoms with Crippen molar-refractivity contribution in [1.29, 1.82) is 0 Å². The quantitative estimate of drug-likeness (QED) is 0.627. The van der Waals surface area contributed by atoms with Gasteiger partial charge in [0.25, 0.3) is 0 Å². The van der Waals surface area contributed by atoms with Crippen molar-refractivity contribution >= 4 is 39.1 Å². The number of likely N-dealkylation sites (N-methyl/N-ethyl adjacent to an activating group) is 1. The first-order valence-electron chi connectivity index (χ1n) is 8.63. The lowest BCUT2D eigenvalue weighted by Gasteiger charge is -2.35. The van der Waals surface area contributed by atoms with Gasteiger partial charge in [-0.2, -0.15) is 0 Å². The standard InChI is InChI=1S/C17H24N4S2/c1-3-20-8-10-21(11-9-20)15-14-12-6-4-5-7-13(12)23-16(14)19-17(18-15)22-2/h3-11H2,1-2H3. The Hall–Kier alpha value is -0.850. The molecule has 2 aromatic rings. The average molecular weight is 349 g/mol. The molecule has 3 heterocycles. The number of fused-ring (bicyclic) bond motifs is 3. The van der Waals surface area contributed by atoms with Crippen LogP contribution in [0.3, 0.4) is 0 Å². The van der Waals surface area contributed by atoms with E-state index in [9.17, 15) is 0 Å². The Bertz CT molecular complexity index is 704. The Morgan fingerprint density at radius 2 is 1.87 bits per heavy atom. The van der Waals surface area contributed by atoms with E-state index < -0.39 is 0 Å². The molecule has 2 aliphatic rings. The third-order valence-corrected chi connectivity index (χ3v) is 6.81. The summed E-state index contributed by atoms with van der Waals surface area (Å²) in [5, 5.41) is 2.29. The molecular formula is C17H24N4S2. The Morgan fingerprint density at radius 3 is 2.61 bits per heavy atom. The number of hydrogen-bond acceptors (Lipinski definition) is 6. The number of anilines is 1. The second-order valence-corrected chi connectivity index (χ2v) is 8.20. The van der Waals surface area contributed by atoms with E-state index in [1.165, 1.54) is 41.7 Å². The van der Waals surface area contributed by atoms with Crippen LogP contribution in [0.5, 0.6) is 0 Å². The Morgan fingerprint density at radius 1 is 1.09 bits per heavy atom. The lowest BCUT2D eigenvalue weighted by Crippen LogP contribution is -2.46. The predicted molar refractivity (Wildman–Crippen MR) is 100 cm³/mol. The summed E-state index contributed by atoms with van der Waals surface area (Å²) in [5.41, 5.74) is 1.55. The fourth-order valence-corrected chi connectivity index (χ4v) is 5.39. The van der Waals surface area contributed by atoms with Crippen molar-refractivity contribution in [3.05, 3.63) is 10.4 Å². The molecule has 1 fully saturated rings. The van der Waals surface area contributed by atoms with E-state index >= 15 is 0 Å². The van der Waals surface area contributed by atoms with Gasteiger partial charge >= 0.3 is 0 Å². The minimum atomic E-state index is 0.920. The highest BCUT2D eigenvalue weighted by molar-refractivity contribution is 7.98. The van der Waals surface area contributed by atoms with Crippen molar-refractivity contribution in [2.75, 3.05) is 43.9 Å². The second-order valence-electron chi connectivity index (χ2n) is 6.35. The lowest BCUT2D eigenvalue weighted by atomic mass is 9.97. The molecule has 4 nitrogen and oxygen atoms in total. The van der Waals surface area contributed by atoms with Gasteiger partial charge in [-0.1, -0.05) is 18.7 Å². The van der Waals surface area contributed by atoms with Crippen LogP contribution in [-0.4, -0.2) is 53.8 Å². The number of hydrogen-bond donors (Lipinski definition) is 0. The molecule has 0 unspecified atom stereocenters. The van der Waals surface area contributed by atoms with Gasteiger partial charge in [-0.3, -0.25) is 0 Å². The molecule has 0 spiro atoms. The molecule has 23 heavy (non-hydrogen) atoms. The summed E-state index contributed by atoms with van der Waals surface area (Å²) >= 11 is 3.57. The normalized spacial score (nSPS) is 19.3. The summed E-state index contributed by atoms with van der Waals surface area (Å²) in [6.07, 6.45) is 7.15. The minimum absolute atomic E-state index is 0.920. The molecule has 1 aliphatic heterocycles. The summed E-state index contributed by atoms with van der Waals surface area (Å²) in [7, 11) is 0. The van der Waals surface area contributed by atoms with Gasteiger partial charge in [0, 0.05) is 31.1 Å². The van der Waals surface area contributed by atoms with E-state index in [1.54, 1.807) is 22.2 Å². The van der Waals surface area contributed by atoms with Crippen molar-refractivity contribution in [3.63, 3.8) is 0 Å². The van der Waals surface area contributed by atoms with Crippen LogP contribution in [0.4, 0.5) is 5.82 Å². The Kier molecular flexibility index (Phi) is 4.48. The van der Waals surface area contributed by atoms with E-state index in [-0.39, 0.29) is 0 Å². The Balaban J connectivity index is 1.79. The van der Waals surface area contributed by atoms with Crippen molar-refractivity contribution in [2.45, 2.75) is 37.8 Å². The third kappa shape index (κ3) is 2.85. The van der Waals surface area contributed by atoms with Gasteiger partial charge in [0.1, 0.15) is 10.6 Å². The number of aryl methyl sites for hydroxylation is 2. The molecular weight excluding hydrogens is 324 g/mol. The van der Waals surface area contributed by atoms with E-state index in [0.29, 0.717) is 0 Å². The van der Waals surface area contributed by atoms with Gasteiger partial charge < -0.3 is 9.80 Å². The van der Waals surface area contributed by atoms with Crippen LogP contribution in [0.2, 0.25) is 0 Å². The van der Waals surface area contributed by atoms with E-state index in [0.717, 1.165) is 37.9 Å². The smallest absolute Gasteiger partial charge is 0.190 e. The van der Waals surface area contributed by atoms with Gasteiger partial charge in [0.2, 0.25) is 0 Å². The van der Waals surface area contributed by atoms with Gasteiger partial charge in [-0.05, 0) is 44.0 Å². The predicted octanol–water partition coefficient (Wildman–Crippen LogP) is 3.43. The molecule has 124 valence electrons. The topological polar surface area (TPSA) is 32.3 Å². The zero-order chi connectivity index (χ0) is 15.8. The highest BCUT2D eigenvalue weighted by atomic mass is 32.2. The molecule has 0 N–H and O–H groups in total. The number of thioether (sulfide) groups is 1. The number of aromatic nitrogens is 2. The number of nitrogens with zero attached hydrogens (tertiary/aromatic N) is 4. The van der Waals surface area contributed by atoms with Crippen LogP contribution >= 0.6 is 23.1 Å². The molecule has 0 bridgehead atoms. The van der Waals surface area contributed by atoms with Crippen LogP contribution in [0.15, 0.2) is 5.16 Å². The van der Waals surface area contributed by atoms with Gasteiger partial charge in [-0.25, -0.2) is 9.97 Å². The summed E-state index contributed by atoms with van der Waals surface area (Å²) in [6, 6.07) is 0. The van der Waals surface area contributed by atoms with Crippen LogP contribution in [-0.2, 0) is 12.8 Å². The van der Waals surface area contributed by atoms with Crippen molar-refractivity contribution in [2.24, 2.45) is 0 Å². The van der Waals surface area contributed by atoms with Crippen LogP contribution in [0.1, 0.15) is 30.2 Å². The molecule has 1 aliphatic carbocycles. The number of thiophene rings is 1. The first kappa shape index (κ1) is 15.7. The molecule has 0 radical (unpaired) electrons. The van der Waals surface area contributed by atoms with Gasteiger partial charge in [0.05, 0.1) is 5.39 Å².